The molecule has 1 aromatic heterocycles. The molecule has 0 amide bonds. The SMILES string of the molecule is CC(Nc1cccc(Cl)c1Cl)c1nc2ccccc2s1. The van der Waals surface area contributed by atoms with Gasteiger partial charge < -0.3 is 5.32 Å². The molecule has 102 valence electrons. The number of halogens is 2. The molecule has 2 aromatic carbocycles. The molecule has 3 aromatic rings. The molecule has 0 aliphatic carbocycles. The fourth-order valence-corrected chi connectivity index (χ4v) is 3.31. The van der Waals surface area contributed by atoms with E-state index in [1.165, 1.54) is 4.70 Å². The summed E-state index contributed by atoms with van der Waals surface area (Å²) in [4.78, 5) is 4.64. The zero-order valence-corrected chi connectivity index (χ0v) is 13.1. The quantitative estimate of drug-likeness (QED) is 0.661. The molecule has 0 aliphatic rings. The van der Waals surface area contributed by atoms with Gasteiger partial charge in [-0.1, -0.05) is 41.4 Å². The second kappa shape index (κ2) is 5.60. The first-order valence-electron chi connectivity index (χ1n) is 6.21. The molecule has 0 spiro atoms. The van der Waals surface area contributed by atoms with Crippen LogP contribution in [0.3, 0.4) is 0 Å². The van der Waals surface area contributed by atoms with Crippen LogP contribution >= 0.6 is 34.5 Å². The van der Waals surface area contributed by atoms with E-state index in [1.807, 2.05) is 30.3 Å². The number of hydrogen-bond acceptors (Lipinski definition) is 3. The van der Waals surface area contributed by atoms with Gasteiger partial charge in [0.2, 0.25) is 0 Å². The van der Waals surface area contributed by atoms with Crippen molar-refractivity contribution >= 4 is 50.4 Å². The maximum absolute atomic E-state index is 6.19. The van der Waals surface area contributed by atoms with Crippen LogP contribution in [0.1, 0.15) is 18.0 Å². The third kappa shape index (κ3) is 2.62. The molecule has 5 heteroatoms. The molecule has 2 nitrogen and oxygen atoms in total. The van der Waals surface area contributed by atoms with Crippen molar-refractivity contribution in [3.05, 3.63) is 57.5 Å². The van der Waals surface area contributed by atoms with Gasteiger partial charge in [0.25, 0.3) is 0 Å². The number of hydrogen-bond donors (Lipinski definition) is 1. The van der Waals surface area contributed by atoms with Gasteiger partial charge in [0.15, 0.2) is 0 Å². The first-order chi connectivity index (χ1) is 9.65. The summed E-state index contributed by atoms with van der Waals surface area (Å²) in [6.07, 6.45) is 0. The van der Waals surface area contributed by atoms with Gasteiger partial charge in [-0.2, -0.15) is 0 Å². The average Bonchev–Trinajstić information content (AvgIpc) is 2.88. The van der Waals surface area contributed by atoms with E-state index in [4.69, 9.17) is 23.2 Å². The minimum Gasteiger partial charge on any atom is -0.375 e. The van der Waals surface area contributed by atoms with Crippen LogP contribution in [0.25, 0.3) is 10.2 Å². The average molecular weight is 323 g/mol. The number of benzene rings is 2. The van der Waals surface area contributed by atoms with Crippen molar-refractivity contribution in [3.63, 3.8) is 0 Å². The maximum Gasteiger partial charge on any atom is 0.116 e. The van der Waals surface area contributed by atoms with Crippen LogP contribution in [0.5, 0.6) is 0 Å². The van der Waals surface area contributed by atoms with Crippen molar-refractivity contribution in [1.82, 2.24) is 4.98 Å². The van der Waals surface area contributed by atoms with Crippen molar-refractivity contribution < 1.29 is 0 Å². The van der Waals surface area contributed by atoms with Gasteiger partial charge in [-0.15, -0.1) is 11.3 Å². The Labute approximate surface area is 131 Å². The number of anilines is 1. The second-order valence-corrected chi connectivity index (χ2v) is 6.33. The maximum atomic E-state index is 6.19. The highest BCUT2D eigenvalue weighted by molar-refractivity contribution is 7.18. The molecule has 0 fully saturated rings. The zero-order valence-electron chi connectivity index (χ0n) is 10.7. The van der Waals surface area contributed by atoms with Gasteiger partial charge in [0, 0.05) is 0 Å². The van der Waals surface area contributed by atoms with Gasteiger partial charge in [0.05, 0.1) is 32.0 Å². The van der Waals surface area contributed by atoms with E-state index in [9.17, 15) is 0 Å². The fraction of sp³-hybridized carbons (Fsp3) is 0.133. The van der Waals surface area contributed by atoms with E-state index in [2.05, 4.69) is 23.3 Å². The second-order valence-electron chi connectivity index (χ2n) is 4.49. The number of aromatic nitrogens is 1. The van der Waals surface area contributed by atoms with E-state index in [-0.39, 0.29) is 6.04 Å². The Morgan fingerprint density at radius 3 is 2.70 bits per heavy atom. The van der Waals surface area contributed by atoms with Crippen molar-refractivity contribution in [3.8, 4) is 0 Å². The number of rotatable bonds is 3. The highest BCUT2D eigenvalue weighted by Gasteiger charge is 2.13. The lowest BCUT2D eigenvalue weighted by molar-refractivity contribution is 0.874. The standard InChI is InChI=1S/C15H12Cl2N2S/c1-9(18-12-7-4-5-10(16)14(12)17)15-19-11-6-2-3-8-13(11)20-15/h2-9,18H,1H3. The van der Waals surface area contributed by atoms with Crippen LogP contribution in [-0.4, -0.2) is 4.98 Å². The minimum absolute atomic E-state index is 0.0726. The molecular weight excluding hydrogens is 311 g/mol. The van der Waals surface area contributed by atoms with E-state index in [0.29, 0.717) is 10.0 Å². The van der Waals surface area contributed by atoms with Gasteiger partial charge >= 0.3 is 0 Å². The smallest absolute Gasteiger partial charge is 0.116 e. The number of thiazole rings is 1. The van der Waals surface area contributed by atoms with Crippen LogP contribution in [0.4, 0.5) is 5.69 Å². The van der Waals surface area contributed by atoms with E-state index >= 15 is 0 Å². The molecule has 0 bridgehead atoms. The number of fused-ring (bicyclic) bond motifs is 1. The van der Waals surface area contributed by atoms with Crippen LogP contribution in [-0.2, 0) is 0 Å². The van der Waals surface area contributed by atoms with E-state index in [0.717, 1.165) is 16.2 Å². The largest absolute Gasteiger partial charge is 0.375 e. The lowest BCUT2D eigenvalue weighted by Crippen LogP contribution is -2.06. The molecule has 0 saturated carbocycles. The topological polar surface area (TPSA) is 24.9 Å². The number of nitrogens with zero attached hydrogens (tertiary/aromatic N) is 1. The van der Waals surface area contributed by atoms with Crippen LogP contribution in [0.15, 0.2) is 42.5 Å². The van der Waals surface area contributed by atoms with Gasteiger partial charge in [0.1, 0.15) is 5.01 Å². The summed E-state index contributed by atoms with van der Waals surface area (Å²) in [5.74, 6) is 0. The first kappa shape index (κ1) is 13.7. The summed E-state index contributed by atoms with van der Waals surface area (Å²) in [6, 6.07) is 13.8. The summed E-state index contributed by atoms with van der Waals surface area (Å²) in [5, 5.41) is 5.48. The molecule has 1 N–H and O–H groups in total. The summed E-state index contributed by atoms with van der Waals surface area (Å²) < 4.78 is 1.19. The van der Waals surface area contributed by atoms with Crippen LogP contribution in [0, 0.1) is 0 Å². The number of nitrogens with one attached hydrogen (secondary N) is 1. The molecule has 0 saturated heterocycles. The summed E-state index contributed by atoms with van der Waals surface area (Å²) >= 11 is 13.9. The van der Waals surface area contributed by atoms with E-state index in [1.54, 1.807) is 17.4 Å². The monoisotopic (exact) mass is 322 g/mol. The Balaban J connectivity index is 1.89. The Morgan fingerprint density at radius 1 is 1.10 bits per heavy atom. The predicted molar refractivity (Wildman–Crippen MR) is 88.1 cm³/mol. The van der Waals surface area contributed by atoms with Gasteiger partial charge in [-0.25, -0.2) is 4.98 Å². The van der Waals surface area contributed by atoms with Crippen molar-refractivity contribution in [2.24, 2.45) is 0 Å². The van der Waals surface area contributed by atoms with Crippen LogP contribution < -0.4 is 5.32 Å². The predicted octanol–water partition coefficient (Wildman–Crippen LogP) is 5.78. The molecular formula is C15H12Cl2N2S. The Bertz CT molecular complexity index is 721. The molecule has 1 unspecified atom stereocenters. The Morgan fingerprint density at radius 2 is 1.90 bits per heavy atom. The highest BCUT2D eigenvalue weighted by Crippen LogP contribution is 2.33. The normalized spacial score (nSPS) is 12.6. The van der Waals surface area contributed by atoms with E-state index < -0.39 is 0 Å². The highest BCUT2D eigenvalue weighted by atomic mass is 35.5. The van der Waals surface area contributed by atoms with Crippen molar-refractivity contribution in [1.29, 1.82) is 0 Å². The van der Waals surface area contributed by atoms with Crippen molar-refractivity contribution in [2.75, 3.05) is 5.32 Å². The molecule has 0 radical (unpaired) electrons. The third-order valence-electron chi connectivity index (χ3n) is 3.00. The van der Waals surface area contributed by atoms with Gasteiger partial charge in [-0.3, -0.25) is 0 Å². The first-order valence-corrected chi connectivity index (χ1v) is 7.78. The third-order valence-corrected chi connectivity index (χ3v) is 5.04. The summed E-state index contributed by atoms with van der Waals surface area (Å²) in [6.45, 7) is 2.06. The van der Waals surface area contributed by atoms with Gasteiger partial charge in [-0.05, 0) is 31.2 Å². The molecule has 1 heterocycles. The van der Waals surface area contributed by atoms with Crippen LogP contribution in [0.2, 0.25) is 10.0 Å². The molecule has 20 heavy (non-hydrogen) atoms. The zero-order chi connectivity index (χ0) is 14.1. The minimum atomic E-state index is 0.0726. The molecule has 1 atom stereocenters. The fourth-order valence-electron chi connectivity index (χ4n) is 1.99. The molecule has 3 rings (SSSR count). The Kier molecular flexibility index (Phi) is 3.83. The molecule has 0 aliphatic heterocycles. The lowest BCUT2D eigenvalue weighted by Gasteiger charge is -2.14. The Hall–Kier alpha value is -1.29. The number of para-hydroxylation sites is 1. The summed E-state index contributed by atoms with van der Waals surface area (Å²) in [7, 11) is 0. The summed E-state index contributed by atoms with van der Waals surface area (Å²) in [5.41, 5.74) is 1.85. The lowest BCUT2D eigenvalue weighted by atomic mass is 10.2. The van der Waals surface area contributed by atoms with Crippen molar-refractivity contribution in [2.45, 2.75) is 13.0 Å².